The van der Waals surface area contributed by atoms with Gasteiger partial charge in [-0.3, -0.25) is 0 Å². The minimum Gasteiger partial charge on any atom is -0.371 e. The molecule has 106 valence electrons. The Bertz CT molecular complexity index is 432. The van der Waals surface area contributed by atoms with Gasteiger partial charge in [0.05, 0.1) is 0 Å². The fourth-order valence-corrected chi connectivity index (χ4v) is 2.93. The fraction of sp³-hybridized carbons (Fsp3) is 0.625. The van der Waals surface area contributed by atoms with Crippen molar-refractivity contribution in [3.8, 4) is 0 Å². The van der Waals surface area contributed by atoms with Gasteiger partial charge >= 0.3 is 0 Å². The number of hydrogen-bond donors (Lipinski definition) is 1. The fourth-order valence-electron chi connectivity index (χ4n) is 2.59. The van der Waals surface area contributed by atoms with E-state index in [0.717, 1.165) is 18.1 Å². The van der Waals surface area contributed by atoms with Crippen LogP contribution in [0.1, 0.15) is 45.2 Å². The molecule has 0 aromatic heterocycles. The van der Waals surface area contributed by atoms with E-state index in [1.54, 1.807) is 0 Å². The first-order valence-corrected chi connectivity index (χ1v) is 7.52. The van der Waals surface area contributed by atoms with Gasteiger partial charge in [-0.05, 0) is 49.9 Å². The summed E-state index contributed by atoms with van der Waals surface area (Å²) in [6.45, 7) is 9.10. The van der Waals surface area contributed by atoms with Gasteiger partial charge in [0.25, 0.3) is 0 Å². The van der Waals surface area contributed by atoms with E-state index in [2.05, 4.69) is 49.2 Å². The first-order valence-electron chi connectivity index (χ1n) is 7.14. The summed E-state index contributed by atoms with van der Waals surface area (Å²) in [7, 11) is 1.96. The summed E-state index contributed by atoms with van der Waals surface area (Å²) in [6.07, 6.45) is 2.50. The van der Waals surface area contributed by atoms with Gasteiger partial charge in [0.2, 0.25) is 0 Å². The molecule has 0 radical (unpaired) electrons. The maximum atomic E-state index is 6.41. The van der Waals surface area contributed by atoms with Crippen molar-refractivity contribution in [1.82, 2.24) is 5.32 Å². The minimum atomic E-state index is 0.293. The molecule has 0 bridgehead atoms. The highest BCUT2D eigenvalue weighted by Crippen LogP contribution is 2.34. The van der Waals surface area contributed by atoms with E-state index < -0.39 is 0 Å². The van der Waals surface area contributed by atoms with Crippen LogP contribution >= 0.6 is 11.6 Å². The zero-order valence-electron chi connectivity index (χ0n) is 12.5. The molecule has 0 saturated carbocycles. The summed E-state index contributed by atoms with van der Waals surface area (Å²) in [4.78, 5) is 2.45. The van der Waals surface area contributed by atoms with Crippen LogP contribution in [0.2, 0.25) is 5.02 Å². The molecule has 2 nitrogen and oxygen atoms in total. The highest BCUT2D eigenvalue weighted by molar-refractivity contribution is 6.31. The van der Waals surface area contributed by atoms with E-state index in [1.807, 2.05) is 7.05 Å². The van der Waals surface area contributed by atoms with Crippen LogP contribution in [0.5, 0.6) is 0 Å². The summed E-state index contributed by atoms with van der Waals surface area (Å²) in [5.74, 6) is 0. The van der Waals surface area contributed by atoms with Gasteiger partial charge in [-0.2, -0.15) is 0 Å². The first kappa shape index (κ1) is 14.7. The maximum Gasteiger partial charge on any atom is 0.0474 e. The molecule has 1 aliphatic rings. The summed E-state index contributed by atoms with van der Waals surface area (Å²) in [5, 5.41) is 4.10. The lowest BCUT2D eigenvalue weighted by molar-refractivity contribution is 0.280. The van der Waals surface area contributed by atoms with Crippen LogP contribution in [0.25, 0.3) is 0 Å². The van der Waals surface area contributed by atoms with Gasteiger partial charge in [0, 0.05) is 29.8 Å². The Morgan fingerprint density at radius 3 is 2.42 bits per heavy atom. The van der Waals surface area contributed by atoms with Crippen LogP contribution in [-0.4, -0.2) is 20.1 Å². The minimum absolute atomic E-state index is 0.293. The van der Waals surface area contributed by atoms with Gasteiger partial charge in [0.15, 0.2) is 0 Å². The van der Waals surface area contributed by atoms with E-state index in [0.29, 0.717) is 11.5 Å². The zero-order chi connectivity index (χ0) is 14.0. The van der Waals surface area contributed by atoms with Crippen molar-refractivity contribution >= 4 is 17.3 Å². The van der Waals surface area contributed by atoms with Crippen molar-refractivity contribution in [2.75, 3.05) is 25.0 Å². The molecule has 3 heteroatoms. The third-order valence-corrected chi connectivity index (χ3v) is 4.69. The third-order valence-electron chi connectivity index (χ3n) is 4.37. The number of anilines is 1. The van der Waals surface area contributed by atoms with E-state index in [1.165, 1.54) is 24.1 Å². The summed E-state index contributed by atoms with van der Waals surface area (Å²) >= 11 is 6.41. The molecule has 1 heterocycles. The van der Waals surface area contributed by atoms with Crippen LogP contribution in [-0.2, 0) is 0 Å². The van der Waals surface area contributed by atoms with Gasteiger partial charge in [-0.25, -0.2) is 0 Å². The van der Waals surface area contributed by atoms with Crippen LogP contribution in [0.15, 0.2) is 18.2 Å². The molecule has 0 spiro atoms. The second-order valence-corrected chi connectivity index (χ2v) is 6.77. The number of hydrogen-bond acceptors (Lipinski definition) is 2. The second-order valence-electron chi connectivity index (χ2n) is 6.37. The molecule has 19 heavy (non-hydrogen) atoms. The number of benzene rings is 1. The molecule has 1 atom stereocenters. The molecule has 0 aliphatic carbocycles. The lowest BCUT2D eigenvalue weighted by Crippen LogP contribution is -2.37. The molecular weight excluding hydrogens is 256 g/mol. The molecule has 1 N–H and O–H groups in total. The molecule has 1 aromatic rings. The summed E-state index contributed by atoms with van der Waals surface area (Å²) < 4.78 is 0. The smallest absolute Gasteiger partial charge is 0.0474 e. The number of halogens is 1. The Morgan fingerprint density at radius 2 is 1.89 bits per heavy atom. The Balaban J connectivity index is 2.12. The summed E-state index contributed by atoms with van der Waals surface area (Å²) in [6, 6.07) is 6.76. The molecule has 1 saturated heterocycles. The molecule has 1 aromatic carbocycles. The monoisotopic (exact) mass is 280 g/mol. The van der Waals surface area contributed by atoms with Crippen molar-refractivity contribution in [3.05, 3.63) is 28.8 Å². The normalized spacial score (nSPS) is 20.4. The molecule has 1 aliphatic heterocycles. The molecule has 1 fully saturated rings. The first-order chi connectivity index (χ1) is 8.93. The Kier molecular flexibility index (Phi) is 4.42. The quantitative estimate of drug-likeness (QED) is 0.891. The van der Waals surface area contributed by atoms with E-state index in [4.69, 9.17) is 11.6 Å². The van der Waals surface area contributed by atoms with Crippen molar-refractivity contribution in [1.29, 1.82) is 0 Å². The number of piperidine rings is 1. The van der Waals surface area contributed by atoms with Gasteiger partial charge < -0.3 is 10.2 Å². The zero-order valence-corrected chi connectivity index (χ0v) is 13.2. The maximum absolute atomic E-state index is 6.41. The average molecular weight is 281 g/mol. The van der Waals surface area contributed by atoms with Crippen LogP contribution in [0, 0.1) is 5.41 Å². The Hall–Kier alpha value is -0.730. The largest absolute Gasteiger partial charge is 0.371 e. The van der Waals surface area contributed by atoms with Crippen molar-refractivity contribution < 1.29 is 0 Å². The number of nitrogens with zero attached hydrogens (tertiary/aromatic N) is 1. The van der Waals surface area contributed by atoms with Crippen molar-refractivity contribution in [2.24, 2.45) is 5.41 Å². The van der Waals surface area contributed by atoms with Crippen molar-refractivity contribution in [3.63, 3.8) is 0 Å². The molecule has 1 unspecified atom stereocenters. The van der Waals surface area contributed by atoms with E-state index >= 15 is 0 Å². The molecule has 2 rings (SSSR count). The topological polar surface area (TPSA) is 15.3 Å². The predicted octanol–water partition coefficient (Wildman–Crippen LogP) is 4.25. The number of rotatable bonds is 3. The number of nitrogens with one attached hydrogen (secondary N) is 1. The lowest BCUT2D eigenvalue weighted by Gasteiger charge is -2.38. The van der Waals surface area contributed by atoms with Gasteiger partial charge in [-0.1, -0.05) is 31.5 Å². The Labute approximate surface area is 122 Å². The van der Waals surface area contributed by atoms with Crippen molar-refractivity contribution in [2.45, 2.75) is 39.7 Å². The highest BCUT2D eigenvalue weighted by atomic mass is 35.5. The van der Waals surface area contributed by atoms with Gasteiger partial charge in [-0.15, -0.1) is 0 Å². The Morgan fingerprint density at radius 1 is 1.26 bits per heavy atom. The molecular formula is C16H25ClN2. The lowest BCUT2D eigenvalue weighted by atomic mass is 9.82. The predicted molar refractivity (Wildman–Crippen MR) is 84.2 cm³/mol. The van der Waals surface area contributed by atoms with Gasteiger partial charge in [0.1, 0.15) is 0 Å². The standard InChI is InChI=1S/C16H25ClN2/c1-12(18-4)14-6-5-13(11-15(14)17)19-9-7-16(2,3)8-10-19/h5-6,11-12,18H,7-10H2,1-4H3. The highest BCUT2D eigenvalue weighted by Gasteiger charge is 2.25. The van der Waals surface area contributed by atoms with Crippen LogP contribution < -0.4 is 10.2 Å². The second kappa shape index (κ2) is 5.72. The molecule has 0 amide bonds. The van der Waals surface area contributed by atoms with Crippen LogP contribution in [0.3, 0.4) is 0 Å². The van der Waals surface area contributed by atoms with E-state index in [-0.39, 0.29) is 0 Å². The average Bonchev–Trinajstić information content (AvgIpc) is 2.37. The SMILES string of the molecule is CNC(C)c1ccc(N2CCC(C)(C)CC2)cc1Cl. The van der Waals surface area contributed by atoms with E-state index in [9.17, 15) is 0 Å². The van der Waals surface area contributed by atoms with Crippen LogP contribution in [0.4, 0.5) is 5.69 Å². The summed E-state index contributed by atoms with van der Waals surface area (Å²) in [5.41, 5.74) is 2.92. The third kappa shape index (κ3) is 3.43.